The van der Waals surface area contributed by atoms with Crippen molar-refractivity contribution in [2.24, 2.45) is 0 Å². The molecule has 12 aromatic rings. The second-order valence-corrected chi connectivity index (χ2v) is 17.0. The highest BCUT2D eigenvalue weighted by atomic mass is 19.4. The number of pyridine rings is 2. The molecule has 70 heavy (non-hydrogen) atoms. The molecule has 0 N–H and O–H groups in total. The van der Waals surface area contributed by atoms with Crippen LogP contribution in [-0.4, -0.2) is 19.1 Å². The van der Waals surface area contributed by atoms with Crippen molar-refractivity contribution in [1.82, 2.24) is 19.1 Å². The van der Waals surface area contributed by atoms with E-state index in [-0.39, 0.29) is 28.2 Å². The molecule has 8 aromatic carbocycles. The Morgan fingerprint density at radius 3 is 1.47 bits per heavy atom. The van der Waals surface area contributed by atoms with E-state index in [9.17, 15) is 6.57 Å². The third-order valence-electron chi connectivity index (χ3n) is 13.1. The molecule has 6 nitrogen and oxygen atoms in total. The minimum Gasteiger partial charge on any atom is -0.319 e. The normalized spacial score (nSPS) is 11.6. The minimum atomic E-state index is -4.83. The summed E-state index contributed by atoms with van der Waals surface area (Å²) in [6.45, 7) is 17.4. The predicted octanol–water partition coefficient (Wildman–Crippen LogP) is 17.1. The third-order valence-corrected chi connectivity index (χ3v) is 13.1. The van der Waals surface area contributed by atoms with Crippen molar-refractivity contribution in [3.63, 3.8) is 0 Å². The van der Waals surface area contributed by atoms with Crippen molar-refractivity contribution in [2.75, 3.05) is 0 Å². The van der Waals surface area contributed by atoms with E-state index in [1.54, 1.807) is 24.5 Å². The molecule has 0 unspecified atom stereocenters. The van der Waals surface area contributed by atoms with Crippen LogP contribution in [0.3, 0.4) is 0 Å². The summed E-state index contributed by atoms with van der Waals surface area (Å²) in [5.41, 5.74) is 9.30. The predicted molar refractivity (Wildman–Crippen MR) is 275 cm³/mol. The van der Waals surface area contributed by atoms with Gasteiger partial charge in [0, 0.05) is 61.8 Å². The number of rotatable bonds is 7. The van der Waals surface area contributed by atoms with Crippen molar-refractivity contribution >= 4 is 55.0 Å². The molecule has 0 aliphatic carbocycles. The fourth-order valence-electron chi connectivity index (χ4n) is 10.1. The fourth-order valence-corrected chi connectivity index (χ4v) is 10.1. The molecule has 0 bridgehead atoms. The van der Waals surface area contributed by atoms with Crippen molar-refractivity contribution in [2.45, 2.75) is 6.18 Å². The summed E-state index contributed by atoms with van der Waals surface area (Å²) in [4.78, 5) is 17.6. The summed E-state index contributed by atoms with van der Waals surface area (Å²) in [5, 5.41) is 3.53. The first kappa shape index (κ1) is 41.8. The maximum Gasteiger partial charge on any atom is 0.415 e. The van der Waals surface area contributed by atoms with Gasteiger partial charge in [0.2, 0.25) is 5.69 Å². The van der Waals surface area contributed by atoms with E-state index in [2.05, 4.69) is 27.9 Å². The molecule has 0 aliphatic rings. The monoisotopic (exact) mass is 908 g/mol. The van der Waals surface area contributed by atoms with Crippen LogP contribution in [0.2, 0.25) is 0 Å². The molecule has 0 fully saturated rings. The average Bonchev–Trinajstić information content (AvgIpc) is 3.92. The van der Waals surface area contributed by atoms with E-state index in [0.717, 1.165) is 83.4 Å². The molecule has 0 amide bonds. The van der Waals surface area contributed by atoms with Crippen LogP contribution in [0.5, 0.6) is 0 Å². The zero-order chi connectivity index (χ0) is 47.5. The van der Waals surface area contributed by atoms with Gasteiger partial charge in [-0.1, -0.05) is 158 Å². The molecule has 4 aromatic heterocycles. The molecule has 0 aliphatic heterocycles. The summed E-state index contributed by atoms with van der Waals surface area (Å²) in [6, 6.07) is 62.8. The van der Waals surface area contributed by atoms with Crippen LogP contribution in [0, 0.1) is 13.1 Å². The number of benzene rings is 8. The number of para-hydroxylation sites is 2. The van der Waals surface area contributed by atoms with Gasteiger partial charge in [-0.2, -0.15) is 13.2 Å². The first-order chi connectivity index (χ1) is 34.3. The number of aromatic nitrogens is 4. The molecule has 0 atom stereocenters. The Balaban J connectivity index is 1.21. The molecule has 4 heterocycles. The molecular formula is C61H35F3N6. The van der Waals surface area contributed by atoms with Gasteiger partial charge in [-0.25, -0.2) is 9.69 Å². The third kappa shape index (κ3) is 6.71. The first-order valence-corrected chi connectivity index (χ1v) is 22.5. The summed E-state index contributed by atoms with van der Waals surface area (Å²) in [7, 11) is 0. The number of fused-ring (bicyclic) bond motifs is 6. The summed E-state index contributed by atoms with van der Waals surface area (Å²) in [6.07, 6.45) is -1.30. The standard InChI is InChI=1S/C61H35F3N6/c1-65-50-25-13-24-49(61(62,63)64)56(50)48-32-33-53(69-51-26-11-9-20-44(51)46-30-28-40(36-54(46)69)42-22-14-34-67-57(42)38-16-5-3-6-17-38)59(66-2)60(48)70-52-27-12-10-21-45(52)47-31-29-41(37-55(47)70)43-23-15-35-68-58(43)39-18-7-4-8-19-39/h3-37H. The van der Waals surface area contributed by atoms with Crippen molar-refractivity contribution in [3.8, 4) is 67.3 Å². The fraction of sp³-hybridized carbons (Fsp3) is 0.0164. The van der Waals surface area contributed by atoms with E-state index in [1.165, 1.54) is 12.1 Å². The Bertz CT molecular complexity index is 4140. The summed E-state index contributed by atoms with van der Waals surface area (Å²) >= 11 is 0. The average molecular weight is 909 g/mol. The molecule has 9 heteroatoms. The quantitative estimate of drug-likeness (QED) is 0.150. The topological polar surface area (TPSA) is 44.4 Å². The van der Waals surface area contributed by atoms with E-state index < -0.39 is 11.7 Å². The number of hydrogen-bond acceptors (Lipinski definition) is 2. The highest BCUT2D eigenvalue weighted by molar-refractivity contribution is 6.14. The van der Waals surface area contributed by atoms with Gasteiger partial charge < -0.3 is 9.13 Å². The molecule has 12 rings (SSSR count). The van der Waals surface area contributed by atoms with Crippen LogP contribution in [-0.2, 0) is 6.18 Å². The van der Waals surface area contributed by atoms with Gasteiger partial charge in [-0.15, -0.1) is 0 Å². The molecule has 0 saturated heterocycles. The molecule has 0 radical (unpaired) electrons. The largest absolute Gasteiger partial charge is 0.415 e. The van der Waals surface area contributed by atoms with E-state index in [4.69, 9.17) is 16.5 Å². The van der Waals surface area contributed by atoms with Crippen LogP contribution >= 0.6 is 0 Å². The lowest BCUT2D eigenvalue weighted by Crippen LogP contribution is -2.09. The zero-order valence-electron chi connectivity index (χ0n) is 37.0. The molecular weight excluding hydrogens is 874 g/mol. The first-order valence-electron chi connectivity index (χ1n) is 22.5. The lowest BCUT2D eigenvalue weighted by molar-refractivity contribution is -0.137. The van der Waals surface area contributed by atoms with Gasteiger partial charge in [0.1, 0.15) is 0 Å². The van der Waals surface area contributed by atoms with Crippen molar-refractivity contribution in [1.29, 1.82) is 0 Å². The number of alkyl halides is 3. The summed E-state index contributed by atoms with van der Waals surface area (Å²) in [5.74, 6) is 0. The minimum absolute atomic E-state index is 0.0948. The molecule has 330 valence electrons. The smallest absolute Gasteiger partial charge is 0.319 e. The Hall–Kier alpha value is -9.57. The maximum atomic E-state index is 15.4. The molecule has 0 saturated carbocycles. The van der Waals surface area contributed by atoms with Gasteiger partial charge in [0.05, 0.1) is 63.5 Å². The second-order valence-electron chi connectivity index (χ2n) is 17.0. The van der Waals surface area contributed by atoms with E-state index in [1.807, 2.05) is 161 Å². The maximum absolute atomic E-state index is 15.4. The van der Waals surface area contributed by atoms with Gasteiger partial charge in [0.15, 0.2) is 5.69 Å². The van der Waals surface area contributed by atoms with Crippen LogP contribution in [0.1, 0.15) is 5.56 Å². The Labute approximate surface area is 400 Å². The van der Waals surface area contributed by atoms with Crippen molar-refractivity contribution < 1.29 is 13.2 Å². The summed E-state index contributed by atoms with van der Waals surface area (Å²) < 4.78 is 50.2. The SMILES string of the molecule is [C-]#[N+]c1cccc(C(F)(F)F)c1-c1ccc(-n2c3ccccc3c3ccc(-c4cccnc4-c4ccccc4)cc32)c([N+]#[C-])c1-n1c2ccccc2c2ccc(-c3cccnc3-c3ccccc3)cc21. The number of hydrogen-bond donors (Lipinski definition) is 0. The number of nitrogens with zero attached hydrogens (tertiary/aromatic N) is 6. The van der Waals surface area contributed by atoms with Gasteiger partial charge >= 0.3 is 6.18 Å². The van der Waals surface area contributed by atoms with Gasteiger partial charge in [-0.05, 0) is 59.2 Å². The van der Waals surface area contributed by atoms with Crippen LogP contribution in [0.25, 0.3) is 121 Å². The van der Waals surface area contributed by atoms with E-state index in [0.29, 0.717) is 16.7 Å². The highest BCUT2D eigenvalue weighted by Gasteiger charge is 2.36. The lowest BCUT2D eigenvalue weighted by Gasteiger charge is -2.23. The van der Waals surface area contributed by atoms with Crippen LogP contribution < -0.4 is 0 Å². The lowest BCUT2D eigenvalue weighted by atomic mass is 9.94. The van der Waals surface area contributed by atoms with Gasteiger partial charge in [-0.3, -0.25) is 9.97 Å². The Morgan fingerprint density at radius 2 is 0.929 bits per heavy atom. The van der Waals surface area contributed by atoms with Crippen LogP contribution in [0.4, 0.5) is 24.5 Å². The zero-order valence-corrected chi connectivity index (χ0v) is 37.0. The Morgan fingerprint density at radius 1 is 0.414 bits per heavy atom. The second kappa shape index (κ2) is 16.6. The number of halogens is 3. The van der Waals surface area contributed by atoms with Gasteiger partial charge in [0.25, 0.3) is 0 Å². The van der Waals surface area contributed by atoms with Crippen LogP contribution in [0.15, 0.2) is 213 Å². The highest BCUT2D eigenvalue weighted by Crippen LogP contribution is 2.51. The Kier molecular flexibility index (Phi) is 9.94. The van der Waals surface area contributed by atoms with Crippen molar-refractivity contribution in [3.05, 3.63) is 241 Å². The molecule has 0 spiro atoms. The van der Waals surface area contributed by atoms with E-state index >= 15 is 13.2 Å².